The second-order valence-corrected chi connectivity index (χ2v) is 5.48. The van der Waals surface area contributed by atoms with Gasteiger partial charge < -0.3 is 10.1 Å². The lowest BCUT2D eigenvalue weighted by Crippen LogP contribution is -2.05. The molecule has 2 rings (SSSR count). The van der Waals surface area contributed by atoms with Crippen LogP contribution in [0.4, 0.5) is 5.95 Å². The third-order valence-corrected chi connectivity index (χ3v) is 3.77. The Morgan fingerprint density at radius 2 is 2.00 bits per heavy atom. The van der Waals surface area contributed by atoms with Gasteiger partial charge in [0.15, 0.2) is 5.16 Å². The Labute approximate surface area is 129 Å². The fraction of sp³-hybridized carbons (Fsp3) is 0.400. The van der Waals surface area contributed by atoms with Gasteiger partial charge in [0.05, 0.1) is 6.61 Å². The number of anilines is 1. The lowest BCUT2D eigenvalue weighted by Gasteiger charge is -2.08. The third-order valence-electron chi connectivity index (χ3n) is 2.87. The summed E-state index contributed by atoms with van der Waals surface area (Å²) in [6.07, 6.45) is 0.923. The molecule has 0 bridgehead atoms. The predicted octanol–water partition coefficient (Wildman–Crippen LogP) is 3.30. The van der Waals surface area contributed by atoms with Crippen molar-refractivity contribution in [2.75, 3.05) is 19.0 Å². The van der Waals surface area contributed by atoms with Crippen LogP contribution in [-0.2, 0) is 5.75 Å². The molecule has 0 saturated carbocycles. The molecule has 0 spiro atoms. The Kier molecular flexibility index (Phi) is 5.80. The van der Waals surface area contributed by atoms with Gasteiger partial charge in [-0.25, -0.2) is 0 Å². The second-order valence-electron chi connectivity index (χ2n) is 4.54. The second kappa shape index (κ2) is 7.83. The molecule has 0 aliphatic carbocycles. The quantitative estimate of drug-likeness (QED) is 0.792. The van der Waals surface area contributed by atoms with Crippen molar-refractivity contribution in [2.45, 2.75) is 31.2 Å². The van der Waals surface area contributed by atoms with Crippen LogP contribution in [0.25, 0.3) is 0 Å². The van der Waals surface area contributed by atoms with E-state index in [2.05, 4.69) is 39.3 Å². The van der Waals surface area contributed by atoms with Gasteiger partial charge in [-0.3, -0.25) is 0 Å². The van der Waals surface area contributed by atoms with E-state index in [1.807, 2.05) is 19.1 Å². The first-order valence-corrected chi connectivity index (χ1v) is 7.95. The summed E-state index contributed by atoms with van der Waals surface area (Å²) < 4.78 is 5.50. The number of nitrogens with one attached hydrogen (secondary N) is 1. The summed E-state index contributed by atoms with van der Waals surface area (Å²) in [5.74, 6) is 1.36. The van der Waals surface area contributed by atoms with Crippen molar-refractivity contribution < 1.29 is 4.74 Å². The van der Waals surface area contributed by atoms with Crippen molar-refractivity contribution >= 4 is 17.7 Å². The minimum absolute atomic E-state index is 0.378. The van der Waals surface area contributed by atoms with Crippen LogP contribution in [0.5, 0.6) is 6.01 Å². The van der Waals surface area contributed by atoms with Crippen LogP contribution in [0, 0.1) is 6.92 Å². The summed E-state index contributed by atoms with van der Waals surface area (Å²) in [5.41, 5.74) is 2.56. The summed E-state index contributed by atoms with van der Waals surface area (Å²) >= 11 is 1.58. The Morgan fingerprint density at radius 3 is 2.71 bits per heavy atom. The standard InChI is InChI=1S/C15H20N4OS/c1-4-9-20-14-17-13(16-3)18-15(19-14)21-10-12-8-6-5-7-11(12)2/h5-8H,4,9-10H2,1-3H3,(H,16,17,18,19). The molecule has 6 heteroatoms. The molecule has 1 N–H and O–H groups in total. The van der Waals surface area contributed by atoms with Gasteiger partial charge in [-0.05, 0) is 24.5 Å². The highest BCUT2D eigenvalue weighted by molar-refractivity contribution is 7.98. The number of hydrogen-bond donors (Lipinski definition) is 1. The van der Waals surface area contributed by atoms with Gasteiger partial charge >= 0.3 is 6.01 Å². The fourth-order valence-electron chi connectivity index (χ4n) is 1.69. The molecule has 1 aromatic heterocycles. The number of aromatic nitrogens is 3. The van der Waals surface area contributed by atoms with Gasteiger partial charge in [0, 0.05) is 12.8 Å². The largest absolute Gasteiger partial charge is 0.463 e. The molecule has 0 saturated heterocycles. The minimum atomic E-state index is 0.378. The van der Waals surface area contributed by atoms with Gasteiger partial charge in [0.25, 0.3) is 0 Å². The van der Waals surface area contributed by atoms with E-state index in [9.17, 15) is 0 Å². The molecular formula is C15H20N4OS. The number of nitrogens with zero attached hydrogens (tertiary/aromatic N) is 3. The summed E-state index contributed by atoms with van der Waals surface area (Å²) in [6.45, 7) is 4.77. The molecule has 0 radical (unpaired) electrons. The van der Waals surface area contributed by atoms with Crippen LogP contribution in [0.2, 0.25) is 0 Å². The molecule has 0 atom stereocenters. The lowest BCUT2D eigenvalue weighted by molar-refractivity contribution is 0.288. The molecule has 112 valence electrons. The number of hydrogen-bond acceptors (Lipinski definition) is 6. The van der Waals surface area contributed by atoms with Gasteiger partial charge in [-0.2, -0.15) is 15.0 Å². The van der Waals surface area contributed by atoms with Crippen molar-refractivity contribution in [3.05, 3.63) is 35.4 Å². The van der Waals surface area contributed by atoms with Gasteiger partial charge in [0.1, 0.15) is 0 Å². The first-order valence-electron chi connectivity index (χ1n) is 6.97. The molecular weight excluding hydrogens is 284 g/mol. The highest BCUT2D eigenvalue weighted by Gasteiger charge is 2.08. The molecule has 0 aliphatic rings. The normalized spacial score (nSPS) is 10.4. The van der Waals surface area contributed by atoms with Gasteiger partial charge in [-0.15, -0.1) is 0 Å². The molecule has 21 heavy (non-hydrogen) atoms. The number of aryl methyl sites for hydroxylation is 1. The summed E-state index contributed by atoms with van der Waals surface area (Å²) in [7, 11) is 1.79. The minimum Gasteiger partial charge on any atom is -0.463 e. The fourth-order valence-corrected chi connectivity index (χ4v) is 2.59. The molecule has 0 aliphatic heterocycles. The van der Waals surface area contributed by atoms with Crippen LogP contribution in [0.3, 0.4) is 0 Å². The molecule has 0 amide bonds. The monoisotopic (exact) mass is 304 g/mol. The van der Waals surface area contributed by atoms with Crippen molar-refractivity contribution in [2.24, 2.45) is 0 Å². The molecule has 0 fully saturated rings. The van der Waals surface area contributed by atoms with E-state index in [0.717, 1.165) is 12.2 Å². The summed E-state index contributed by atoms with van der Waals surface area (Å²) in [6, 6.07) is 8.70. The molecule has 1 heterocycles. The molecule has 2 aromatic rings. The van der Waals surface area contributed by atoms with E-state index >= 15 is 0 Å². The first-order chi connectivity index (χ1) is 10.2. The predicted molar refractivity (Wildman–Crippen MR) is 85.9 cm³/mol. The van der Waals surface area contributed by atoms with E-state index in [0.29, 0.717) is 23.7 Å². The van der Waals surface area contributed by atoms with Crippen molar-refractivity contribution in [3.8, 4) is 6.01 Å². The van der Waals surface area contributed by atoms with Crippen LogP contribution in [-0.4, -0.2) is 28.6 Å². The smallest absolute Gasteiger partial charge is 0.322 e. The maximum Gasteiger partial charge on any atom is 0.322 e. The van der Waals surface area contributed by atoms with Gasteiger partial charge in [-0.1, -0.05) is 43.0 Å². The first kappa shape index (κ1) is 15.6. The number of benzene rings is 1. The average Bonchev–Trinajstić information content (AvgIpc) is 2.52. The highest BCUT2D eigenvalue weighted by atomic mass is 32.2. The number of thioether (sulfide) groups is 1. The van der Waals surface area contributed by atoms with E-state index in [1.54, 1.807) is 18.8 Å². The van der Waals surface area contributed by atoms with Crippen LogP contribution >= 0.6 is 11.8 Å². The third kappa shape index (κ3) is 4.60. The van der Waals surface area contributed by atoms with Crippen molar-refractivity contribution in [3.63, 3.8) is 0 Å². The Bertz CT molecular complexity index is 592. The van der Waals surface area contributed by atoms with Crippen molar-refractivity contribution in [1.29, 1.82) is 0 Å². The van der Waals surface area contributed by atoms with E-state index in [-0.39, 0.29) is 0 Å². The zero-order valence-corrected chi connectivity index (χ0v) is 13.4. The lowest BCUT2D eigenvalue weighted by atomic mass is 10.1. The number of rotatable bonds is 7. The molecule has 1 aromatic carbocycles. The zero-order valence-electron chi connectivity index (χ0n) is 12.6. The maximum absolute atomic E-state index is 5.50. The Balaban J connectivity index is 2.09. The summed E-state index contributed by atoms with van der Waals surface area (Å²) in [4.78, 5) is 12.9. The SMILES string of the molecule is CCCOc1nc(NC)nc(SCc2ccccc2C)n1. The van der Waals surface area contributed by atoms with Crippen LogP contribution in [0.15, 0.2) is 29.4 Å². The molecule has 5 nitrogen and oxygen atoms in total. The average molecular weight is 304 g/mol. The Morgan fingerprint density at radius 1 is 1.19 bits per heavy atom. The topological polar surface area (TPSA) is 59.9 Å². The highest BCUT2D eigenvalue weighted by Crippen LogP contribution is 2.23. The maximum atomic E-state index is 5.50. The summed E-state index contributed by atoms with van der Waals surface area (Å²) in [5, 5.41) is 3.61. The van der Waals surface area contributed by atoms with E-state index in [1.165, 1.54) is 11.1 Å². The zero-order chi connectivity index (χ0) is 15.1. The van der Waals surface area contributed by atoms with Crippen molar-refractivity contribution in [1.82, 2.24) is 15.0 Å². The van der Waals surface area contributed by atoms with E-state index in [4.69, 9.17) is 4.74 Å². The number of ether oxygens (including phenoxy) is 1. The van der Waals surface area contributed by atoms with Crippen LogP contribution < -0.4 is 10.1 Å². The molecule has 0 unspecified atom stereocenters. The van der Waals surface area contributed by atoms with Gasteiger partial charge in [0.2, 0.25) is 5.95 Å². The Hall–Kier alpha value is -1.82. The van der Waals surface area contributed by atoms with E-state index < -0.39 is 0 Å². The van der Waals surface area contributed by atoms with Crippen LogP contribution in [0.1, 0.15) is 24.5 Å².